The zero-order valence-corrected chi connectivity index (χ0v) is 16.6. The summed E-state index contributed by atoms with van der Waals surface area (Å²) in [7, 11) is 0. The first kappa shape index (κ1) is 20.0. The third kappa shape index (κ3) is 4.57. The third-order valence-electron chi connectivity index (χ3n) is 5.11. The van der Waals surface area contributed by atoms with Crippen LogP contribution in [0.1, 0.15) is 48.3 Å². The van der Waals surface area contributed by atoms with E-state index in [1.807, 2.05) is 29.3 Å². The molecule has 0 saturated carbocycles. The highest BCUT2D eigenvalue weighted by Gasteiger charge is 2.24. The molecule has 1 amide bonds. The van der Waals surface area contributed by atoms with Crippen molar-refractivity contribution in [2.75, 3.05) is 13.2 Å². The van der Waals surface area contributed by atoms with Crippen LogP contribution in [0.4, 0.5) is 0 Å². The van der Waals surface area contributed by atoms with Crippen molar-refractivity contribution in [3.05, 3.63) is 65.6 Å². The molecule has 0 aliphatic heterocycles. The normalized spacial score (nSPS) is 11.3. The lowest BCUT2D eigenvalue weighted by Crippen LogP contribution is -2.41. The lowest BCUT2D eigenvalue weighted by atomic mass is 10.1. The van der Waals surface area contributed by atoms with Crippen LogP contribution in [0.25, 0.3) is 5.65 Å². The van der Waals surface area contributed by atoms with Crippen LogP contribution in [-0.4, -0.2) is 49.7 Å². The molecule has 0 bridgehead atoms. The number of aliphatic hydroxyl groups excluding tert-OH is 1. The highest BCUT2D eigenvalue weighted by molar-refractivity contribution is 5.93. The Morgan fingerprint density at radius 2 is 1.89 bits per heavy atom. The van der Waals surface area contributed by atoms with Gasteiger partial charge >= 0.3 is 0 Å². The van der Waals surface area contributed by atoms with E-state index >= 15 is 0 Å². The van der Waals surface area contributed by atoms with Gasteiger partial charge < -0.3 is 10.0 Å². The van der Waals surface area contributed by atoms with Crippen LogP contribution in [0, 0.1) is 0 Å². The van der Waals surface area contributed by atoms with Gasteiger partial charge in [-0.2, -0.15) is 5.10 Å². The maximum absolute atomic E-state index is 13.3. The summed E-state index contributed by atoms with van der Waals surface area (Å²) in [6, 6.07) is 12.1. The Balaban J connectivity index is 1.84. The monoisotopic (exact) mass is 380 g/mol. The van der Waals surface area contributed by atoms with E-state index in [1.54, 1.807) is 16.8 Å². The zero-order chi connectivity index (χ0) is 19.9. The minimum Gasteiger partial charge on any atom is -0.396 e. The molecular weight excluding hydrogens is 352 g/mol. The van der Waals surface area contributed by atoms with Crippen LogP contribution in [0.2, 0.25) is 0 Å². The van der Waals surface area contributed by atoms with Gasteiger partial charge in [0.25, 0.3) is 5.91 Å². The van der Waals surface area contributed by atoms with Crippen LogP contribution < -0.4 is 0 Å². The highest BCUT2D eigenvalue weighted by atomic mass is 16.3. The molecule has 0 unspecified atom stereocenters. The summed E-state index contributed by atoms with van der Waals surface area (Å²) in [4.78, 5) is 19.6. The number of carbonyl (C=O) groups is 1. The molecule has 6 nitrogen and oxygen atoms in total. The lowest BCUT2D eigenvalue weighted by Gasteiger charge is -2.30. The molecule has 0 radical (unpaired) electrons. The molecule has 0 fully saturated rings. The maximum atomic E-state index is 13.3. The average molecular weight is 380 g/mol. The van der Waals surface area contributed by atoms with Gasteiger partial charge in [-0.05, 0) is 36.8 Å². The Morgan fingerprint density at radius 3 is 2.57 bits per heavy atom. The third-order valence-corrected chi connectivity index (χ3v) is 5.11. The van der Waals surface area contributed by atoms with E-state index in [1.165, 1.54) is 5.56 Å². The average Bonchev–Trinajstić information content (AvgIpc) is 3.15. The Hall–Kier alpha value is -2.73. The molecule has 0 spiro atoms. The van der Waals surface area contributed by atoms with Crippen molar-refractivity contribution in [3.8, 4) is 0 Å². The van der Waals surface area contributed by atoms with E-state index in [-0.39, 0.29) is 18.6 Å². The van der Waals surface area contributed by atoms with E-state index in [9.17, 15) is 4.79 Å². The molecule has 2 aromatic heterocycles. The number of hydrogen-bond donors (Lipinski definition) is 1. The molecule has 1 N–H and O–H groups in total. The van der Waals surface area contributed by atoms with E-state index < -0.39 is 0 Å². The van der Waals surface area contributed by atoms with Crippen molar-refractivity contribution < 1.29 is 9.90 Å². The summed E-state index contributed by atoms with van der Waals surface area (Å²) >= 11 is 0. The minimum absolute atomic E-state index is 0.0566. The van der Waals surface area contributed by atoms with Gasteiger partial charge in [-0.3, -0.25) is 4.79 Å². The fraction of sp³-hybridized carbons (Fsp3) is 0.409. The van der Waals surface area contributed by atoms with E-state index in [2.05, 4.69) is 36.1 Å². The summed E-state index contributed by atoms with van der Waals surface area (Å²) in [5.74, 6) is -0.0566. The second kappa shape index (κ2) is 9.46. The first-order chi connectivity index (χ1) is 13.7. The summed E-state index contributed by atoms with van der Waals surface area (Å²) in [6.45, 7) is 4.95. The summed E-state index contributed by atoms with van der Waals surface area (Å²) in [5.41, 5.74) is 3.15. The molecule has 2 heterocycles. The number of fused-ring (bicyclic) bond motifs is 1. The molecular formula is C22H28N4O2. The van der Waals surface area contributed by atoms with Crippen LogP contribution in [0.15, 0.2) is 48.8 Å². The Morgan fingerprint density at radius 1 is 1.14 bits per heavy atom. The van der Waals surface area contributed by atoms with Crippen molar-refractivity contribution >= 4 is 11.6 Å². The predicted molar refractivity (Wildman–Crippen MR) is 109 cm³/mol. The SMILES string of the molecule is CCC(CC)N(CCc1ccccc1)C(=O)c1cc2ncc(CCO)cn2n1. The van der Waals surface area contributed by atoms with E-state index in [0.29, 0.717) is 24.3 Å². The van der Waals surface area contributed by atoms with Gasteiger partial charge in [-0.15, -0.1) is 0 Å². The number of carbonyl (C=O) groups excluding carboxylic acids is 1. The van der Waals surface area contributed by atoms with Gasteiger partial charge in [-0.1, -0.05) is 44.2 Å². The molecule has 0 atom stereocenters. The Kier molecular flexibility index (Phi) is 6.76. The number of benzene rings is 1. The second-order valence-corrected chi connectivity index (χ2v) is 6.97. The molecule has 148 valence electrons. The number of hydrogen-bond acceptors (Lipinski definition) is 4. The predicted octanol–water partition coefficient (Wildman–Crippen LogP) is 3.14. The maximum Gasteiger partial charge on any atom is 0.274 e. The minimum atomic E-state index is -0.0566. The topological polar surface area (TPSA) is 70.7 Å². The first-order valence-corrected chi connectivity index (χ1v) is 9.96. The zero-order valence-electron chi connectivity index (χ0n) is 16.6. The summed E-state index contributed by atoms with van der Waals surface area (Å²) in [6.07, 6.45) is 6.68. The molecule has 3 aromatic rings. The molecule has 0 aliphatic rings. The highest BCUT2D eigenvalue weighted by Crippen LogP contribution is 2.16. The fourth-order valence-electron chi connectivity index (χ4n) is 3.50. The largest absolute Gasteiger partial charge is 0.396 e. The van der Waals surface area contributed by atoms with Gasteiger partial charge in [0.05, 0.1) is 0 Å². The van der Waals surface area contributed by atoms with Crippen LogP contribution >= 0.6 is 0 Å². The molecule has 0 aliphatic carbocycles. The van der Waals surface area contributed by atoms with Crippen molar-refractivity contribution in [2.45, 2.75) is 45.6 Å². The second-order valence-electron chi connectivity index (χ2n) is 6.97. The van der Waals surface area contributed by atoms with Gasteiger partial charge in [0, 0.05) is 37.7 Å². The van der Waals surface area contributed by atoms with Gasteiger partial charge in [-0.25, -0.2) is 9.50 Å². The quantitative estimate of drug-likeness (QED) is 0.619. The van der Waals surface area contributed by atoms with Crippen molar-refractivity contribution in [3.63, 3.8) is 0 Å². The lowest BCUT2D eigenvalue weighted by molar-refractivity contribution is 0.0663. The van der Waals surface area contributed by atoms with Gasteiger partial charge in [0.1, 0.15) is 0 Å². The van der Waals surface area contributed by atoms with Gasteiger partial charge in [0.15, 0.2) is 11.3 Å². The van der Waals surface area contributed by atoms with Crippen LogP contribution in [0.5, 0.6) is 0 Å². The van der Waals surface area contributed by atoms with Crippen LogP contribution in [-0.2, 0) is 12.8 Å². The summed E-state index contributed by atoms with van der Waals surface area (Å²) < 4.78 is 1.63. The molecule has 6 heteroatoms. The van der Waals surface area contributed by atoms with Crippen molar-refractivity contribution in [2.24, 2.45) is 0 Å². The molecule has 3 rings (SSSR count). The molecule has 28 heavy (non-hydrogen) atoms. The fourth-order valence-corrected chi connectivity index (χ4v) is 3.50. The number of rotatable bonds is 9. The Labute approximate surface area is 165 Å². The summed E-state index contributed by atoms with van der Waals surface area (Å²) in [5, 5.41) is 13.6. The number of aliphatic hydroxyl groups is 1. The number of aromatic nitrogens is 3. The molecule has 0 saturated heterocycles. The van der Waals surface area contributed by atoms with Crippen molar-refractivity contribution in [1.29, 1.82) is 0 Å². The number of amides is 1. The van der Waals surface area contributed by atoms with Crippen molar-refractivity contribution in [1.82, 2.24) is 19.5 Å². The number of nitrogens with zero attached hydrogens (tertiary/aromatic N) is 4. The molecule has 1 aromatic carbocycles. The van der Waals surface area contributed by atoms with E-state index in [0.717, 1.165) is 24.8 Å². The smallest absolute Gasteiger partial charge is 0.274 e. The standard InChI is InChI=1S/C22H28N4O2/c1-3-19(4-2)25(12-10-17-8-6-5-7-9-17)22(28)20-14-21-23-15-18(11-13-27)16-26(21)24-20/h5-9,14-16,19,27H,3-4,10-13H2,1-2H3. The van der Waals surface area contributed by atoms with Crippen LogP contribution in [0.3, 0.4) is 0 Å². The first-order valence-electron chi connectivity index (χ1n) is 9.96. The Bertz CT molecular complexity index is 903. The van der Waals surface area contributed by atoms with E-state index in [4.69, 9.17) is 5.11 Å². The van der Waals surface area contributed by atoms with Gasteiger partial charge in [0.2, 0.25) is 0 Å².